The van der Waals surface area contributed by atoms with Crippen molar-refractivity contribution in [2.75, 3.05) is 18.2 Å². The zero-order valence-corrected chi connectivity index (χ0v) is 12.4. The first kappa shape index (κ1) is 13.8. The van der Waals surface area contributed by atoms with E-state index in [-0.39, 0.29) is 0 Å². The third kappa shape index (κ3) is 3.90. The largest absolute Gasteiger partial charge is 0.384 e. The zero-order valence-electron chi connectivity index (χ0n) is 10.8. The number of nitrogen functional groups attached to an aromatic ring is 1. The van der Waals surface area contributed by atoms with Gasteiger partial charge in [-0.3, -0.25) is 0 Å². The van der Waals surface area contributed by atoms with Gasteiger partial charge in [-0.1, -0.05) is 15.9 Å². The first-order valence-corrected chi connectivity index (χ1v) is 6.52. The van der Waals surface area contributed by atoms with Gasteiger partial charge in [0, 0.05) is 23.3 Å². The molecule has 2 aromatic rings. The number of ether oxygens (including phenoxy) is 1. The summed E-state index contributed by atoms with van der Waals surface area (Å²) in [5.41, 5.74) is 7.83. The number of nitrogens with zero attached hydrogens (tertiary/aromatic N) is 2. The predicted octanol–water partition coefficient (Wildman–Crippen LogP) is 3.02. The molecule has 100 valence electrons. The summed E-state index contributed by atoms with van der Waals surface area (Å²) in [6.45, 7) is 2.36. The minimum Gasteiger partial charge on any atom is -0.384 e. The summed E-state index contributed by atoms with van der Waals surface area (Å²) in [4.78, 5) is 8.43. The quantitative estimate of drug-likeness (QED) is 0.905. The van der Waals surface area contributed by atoms with Crippen molar-refractivity contribution >= 4 is 33.3 Å². The van der Waals surface area contributed by atoms with Crippen LogP contribution in [0.15, 0.2) is 28.7 Å². The fourth-order valence-corrected chi connectivity index (χ4v) is 2.34. The third-order valence-electron chi connectivity index (χ3n) is 2.38. The molecular weight excluding hydrogens is 308 g/mol. The van der Waals surface area contributed by atoms with Gasteiger partial charge in [0.2, 0.25) is 0 Å². The normalized spacial score (nSPS) is 10.5. The average molecular weight is 323 g/mol. The van der Waals surface area contributed by atoms with Crippen molar-refractivity contribution in [1.82, 2.24) is 9.97 Å². The van der Waals surface area contributed by atoms with Crippen molar-refractivity contribution in [3.8, 4) is 0 Å². The number of nitrogens with one attached hydrogen (secondary N) is 1. The molecule has 0 fully saturated rings. The van der Waals surface area contributed by atoms with Crippen LogP contribution < -0.4 is 11.1 Å². The molecule has 0 spiro atoms. The Balaban J connectivity index is 2.27. The number of nitrogens with two attached hydrogens (primary N) is 1. The van der Waals surface area contributed by atoms with Gasteiger partial charge in [0.25, 0.3) is 0 Å². The molecule has 0 unspecified atom stereocenters. The maximum atomic E-state index is 5.75. The summed E-state index contributed by atoms with van der Waals surface area (Å²) >= 11 is 3.46. The van der Waals surface area contributed by atoms with Crippen LogP contribution >= 0.6 is 15.9 Å². The van der Waals surface area contributed by atoms with Crippen molar-refractivity contribution in [2.24, 2.45) is 0 Å². The molecule has 0 saturated heterocycles. The smallest absolute Gasteiger partial charge is 0.158 e. The first-order chi connectivity index (χ1) is 9.06. The lowest BCUT2D eigenvalue weighted by molar-refractivity contribution is 0.178. The zero-order chi connectivity index (χ0) is 13.8. The lowest BCUT2D eigenvalue weighted by atomic mass is 10.2. The number of aryl methyl sites for hydroxylation is 1. The van der Waals surface area contributed by atoms with E-state index in [2.05, 4.69) is 31.2 Å². The van der Waals surface area contributed by atoms with Gasteiger partial charge in [-0.05, 0) is 30.7 Å². The van der Waals surface area contributed by atoms with Crippen LogP contribution in [0.2, 0.25) is 0 Å². The average Bonchev–Trinajstić information content (AvgIpc) is 2.26. The molecule has 0 aliphatic carbocycles. The van der Waals surface area contributed by atoms with E-state index in [1.165, 1.54) is 0 Å². The predicted molar refractivity (Wildman–Crippen MR) is 79.3 cm³/mol. The molecule has 0 bridgehead atoms. The molecule has 3 N–H and O–H groups in total. The molecule has 0 aliphatic rings. The van der Waals surface area contributed by atoms with Crippen LogP contribution in [0.5, 0.6) is 0 Å². The molecule has 0 saturated carbocycles. The van der Waals surface area contributed by atoms with Crippen LogP contribution in [0.4, 0.5) is 17.3 Å². The van der Waals surface area contributed by atoms with Gasteiger partial charge >= 0.3 is 0 Å². The molecule has 1 aromatic heterocycles. The van der Waals surface area contributed by atoms with E-state index < -0.39 is 0 Å². The van der Waals surface area contributed by atoms with Crippen molar-refractivity contribution < 1.29 is 4.74 Å². The number of anilines is 3. The standard InChI is InChI=1S/C13H15BrN4O/c1-8-3-9(14)5-10(4-8)16-12-6-11(15)17-13(18-12)7-19-2/h3-6H,7H2,1-2H3,(H3,15,16,17,18). The van der Waals surface area contributed by atoms with Crippen molar-refractivity contribution in [1.29, 1.82) is 0 Å². The second-order valence-electron chi connectivity index (χ2n) is 4.17. The van der Waals surface area contributed by atoms with E-state index in [1.807, 2.05) is 25.1 Å². The number of halogens is 1. The molecule has 19 heavy (non-hydrogen) atoms. The number of aromatic nitrogens is 2. The first-order valence-electron chi connectivity index (χ1n) is 5.73. The van der Waals surface area contributed by atoms with Gasteiger partial charge in [0.05, 0.1) is 0 Å². The van der Waals surface area contributed by atoms with E-state index in [4.69, 9.17) is 10.5 Å². The maximum Gasteiger partial charge on any atom is 0.158 e. The van der Waals surface area contributed by atoms with Crippen LogP contribution in [0, 0.1) is 6.92 Å². The highest BCUT2D eigenvalue weighted by molar-refractivity contribution is 9.10. The van der Waals surface area contributed by atoms with Gasteiger partial charge in [0.1, 0.15) is 18.2 Å². The van der Waals surface area contributed by atoms with E-state index in [0.29, 0.717) is 24.1 Å². The Hall–Kier alpha value is -1.66. The molecule has 0 atom stereocenters. The Bertz CT molecular complexity index is 569. The second kappa shape index (κ2) is 5.99. The minimum atomic E-state index is 0.331. The Morgan fingerprint density at radius 3 is 2.74 bits per heavy atom. The lowest BCUT2D eigenvalue weighted by Crippen LogP contribution is -2.04. The number of methoxy groups -OCH3 is 1. The molecule has 0 aliphatic heterocycles. The van der Waals surface area contributed by atoms with Crippen molar-refractivity contribution in [3.05, 3.63) is 40.1 Å². The molecule has 5 nitrogen and oxygen atoms in total. The van der Waals surface area contributed by atoms with E-state index in [1.54, 1.807) is 13.2 Å². The van der Waals surface area contributed by atoms with E-state index in [0.717, 1.165) is 15.7 Å². The minimum absolute atomic E-state index is 0.331. The Kier molecular flexibility index (Phi) is 4.34. The molecule has 0 amide bonds. The van der Waals surface area contributed by atoms with Crippen LogP contribution in [-0.2, 0) is 11.3 Å². The van der Waals surface area contributed by atoms with Crippen LogP contribution in [0.25, 0.3) is 0 Å². The molecule has 1 heterocycles. The Morgan fingerprint density at radius 2 is 2.05 bits per heavy atom. The molecule has 0 radical (unpaired) electrons. The maximum absolute atomic E-state index is 5.75. The van der Waals surface area contributed by atoms with Gasteiger partial charge in [0.15, 0.2) is 5.82 Å². The van der Waals surface area contributed by atoms with Crippen molar-refractivity contribution in [2.45, 2.75) is 13.5 Å². The van der Waals surface area contributed by atoms with E-state index in [9.17, 15) is 0 Å². The summed E-state index contributed by atoms with van der Waals surface area (Å²) in [7, 11) is 1.59. The topological polar surface area (TPSA) is 73.1 Å². The Morgan fingerprint density at radius 1 is 1.26 bits per heavy atom. The molecule has 6 heteroatoms. The lowest BCUT2D eigenvalue weighted by Gasteiger charge is -2.09. The second-order valence-corrected chi connectivity index (χ2v) is 5.09. The number of hydrogen-bond donors (Lipinski definition) is 2. The monoisotopic (exact) mass is 322 g/mol. The molecule has 2 rings (SSSR count). The summed E-state index contributed by atoms with van der Waals surface area (Å²) in [5.74, 6) is 1.62. The highest BCUT2D eigenvalue weighted by atomic mass is 79.9. The highest BCUT2D eigenvalue weighted by Gasteiger charge is 2.04. The van der Waals surface area contributed by atoms with Crippen LogP contribution in [-0.4, -0.2) is 17.1 Å². The summed E-state index contributed by atoms with van der Waals surface area (Å²) in [6, 6.07) is 7.73. The van der Waals surface area contributed by atoms with Crippen molar-refractivity contribution in [3.63, 3.8) is 0 Å². The van der Waals surface area contributed by atoms with Crippen LogP contribution in [0.1, 0.15) is 11.4 Å². The fraction of sp³-hybridized carbons (Fsp3) is 0.231. The number of hydrogen-bond acceptors (Lipinski definition) is 5. The van der Waals surface area contributed by atoms with E-state index >= 15 is 0 Å². The number of rotatable bonds is 4. The third-order valence-corrected chi connectivity index (χ3v) is 2.84. The van der Waals surface area contributed by atoms with Gasteiger partial charge in [-0.2, -0.15) is 0 Å². The van der Waals surface area contributed by atoms with Gasteiger partial charge in [-0.25, -0.2) is 9.97 Å². The SMILES string of the molecule is COCc1nc(N)cc(Nc2cc(C)cc(Br)c2)n1. The summed E-state index contributed by atoms with van der Waals surface area (Å²) in [6.07, 6.45) is 0. The molecular formula is C13H15BrN4O. The summed E-state index contributed by atoms with van der Waals surface area (Å²) < 4.78 is 6.02. The number of benzene rings is 1. The summed E-state index contributed by atoms with van der Waals surface area (Å²) in [5, 5.41) is 3.21. The van der Waals surface area contributed by atoms with Gasteiger partial charge < -0.3 is 15.8 Å². The molecule has 1 aromatic carbocycles. The van der Waals surface area contributed by atoms with Crippen LogP contribution in [0.3, 0.4) is 0 Å². The van der Waals surface area contributed by atoms with Gasteiger partial charge in [-0.15, -0.1) is 0 Å². The Labute approximate surface area is 120 Å². The fourth-order valence-electron chi connectivity index (χ4n) is 1.73. The highest BCUT2D eigenvalue weighted by Crippen LogP contribution is 2.22.